The number of carbonyl (C=O) groups is 1. The quantitative estimate of drug-likeness (QED) is 0.382. The number of nitrogens with one attached hydrogen (secondary N) is 1. The van der Waals surface area contributed by atoms with Crippen molar-refractivity contribution in [3.63, 3.8) is 0 Å². The topological polar surface area (TPSA) is 62.5 Å². The summed E-state index contributed by atoms with van der Waals surface area (Å²) in [7, 11) is 0. The highest BCUT2D eigenvalue weighted by Crippen LogP contribution is 2.33. The van der Waals surface area contributed by atoms with Gasteiger partial charge in [-0.3, -0.25) is 4.79 Å². The van der Waals surface area contributed by atoms with E-state index in [2.05, 4.69) is 5.32 Å². The van der Waals surface area contributed by atoms with Gasteiger partial charge in [0.25, 0.3) is 0 Å². The molecule has 0 fully saturated rings. The molecule has 27 heavy (non-hydrogen) atoms. The van der Waals surface area contributed by atoms with Gasteiger partial charge in [-0.25, -0.2) is 0 Å². The number of para-hydroxylation sites is 2. The molecule has 0 saturated heterocycles. The van der Waals surface area contributed by atoms with E-state index in [1.165, 1.54) is 0 Å². The van der Waals surface area contributed by atoms with E-state index in [4.69, 9.17) is 16.6 Å². The molecular weight excluding hydrogens is 358 g/mol. The maximum Gasteiger partial charge on any atom is 0.230 e. The number of furan rings is 1. The molecule has 0 aliphatic carbocycles. The van der Waals surface area contributed by atoms with Gasteiger partial charge in [-0.15, -0.1) is 0 Å². The predicted molar refractivity (Wildman–Crippen MR) is 110 cm³/mol. The molecule has 0 radical (unpaired) electrons. The summed E-state index contributed by atoms with van der Waals surface area (Å²) in [6.45, 7) is 0. The highest BCUT2D eigenvalue weighted by atomic mass is 32.1. The number of aromatic hydroxyl groups is 1. The molecule has 0 bridgehead atoms. The number of benzene rings is 3. The first-order chi connectivity index (χ1) is 13.1. The fraction of sp³-hybridized carbons (Fsp3) is 0. The molecule has 3 aromatic carbocycles. The van der Waals surface area contributed by atoms with Gasteiger partial charge in [0, 0.05) is 10.9 Å². The molecule has 4 rings (SSSR count). The van der Waals surface area contributed by atoms with E-state index in [9.17, 15) is 9.90 Å². The third-order valence-corrected chi connectivity index (χ3v) is 4.55. The van der Waals surface area contributed by atoms with Crippen LogP contribution in [0.4, 0.5) is 5.69 Å². The molecule has 132 valence electrons. The average molecular weight is 373 g/mol. The number of phenols is 1. The lowest BCUT2D eigenvalue weighted by atomic mass is 10.1. The Labute approximate surface area is 161 Å². The van der Waals surface area contributed by atoms with E-state index in [1.54, 1.807) is 54.6 Å². The van der Waals surface area contributed by atoms with Crippen LogP contribution in [0.5, 0.6) is 5.75 Å². The molecule has 4 aromatic rings. The molecule has 0 saturated carbocycles. The minimum absolute atomic E-state index is 0.0683. The minimum atomic E-state index is -0.241. The lowest BCUT2D eigenvalue weighted by Crippen LogP contribution is -2.13. The Hall–Kier alpha value is -3.44. The summed E-state index contributed by atoms with van der Waals surface area (Å²) in [6.07, 6.45) is 0. The Morgan fingerprint density at radius 2 is 1.56 bits per heavy atom. The van der Waals surface area contributed by atoms with Gasteiger partial charge in [0.05, 0.1) is 11.3 Å². The molecule has 0 atom stereocenters. The fourth-order valence-corrected chi connectivity index (χ4v) is 3.17. The van der Waals surface area contributed by atoms with Crippen molar-refractivity contribution in [3.05, 3.63) is 95.7 Å². The zero-order chi connectivity index (χ0) is 18.8. The second-order valence-electron chi connectivity index (χ2n) is 5.97. The van der Waals surface area contributed by atoms with Crippen LogP contribution < -0.4 is 5.32 Å². The third kappa shape index (κ3) is 3.20. The summed E-state index contributed by atoms with van der Waals surface area (Å²) >= 11 is 5.46. The normalized spacial score (nSPS) is 10.7. The van der Waals surface area contributed by atoms with Crippen molar-refractivity contribution >= 4 is 39.6 Å². The zero-order valence-electron chi connectivity index (χ0n) is 14.2. The van der Waals surface area contributed by atoms with Crippen molar-refractivity contribution in [2.24, 2.45) is 0 Å². The van der Waals surface area contributed by atoms with Gasteiger partial charge < -0.3 is 14.8 Å². The Morgan fingerprint density at radius 3 is 2.33 bits per heavy atom. The van der Waals surface area contributed by atoms with Gasteiger partial charge in [-0.1, -0.05) is 66.8 Å². The molecule has 0 aliphatic heterocycles. The number of rotatable bonds is 4. The van der Waals surface area contributed by atoms with Crippen LogP contribution in [0.3, 0.4) is 0 Å². The molecule has 1 heterocycles. The summed E-state index contributed by atoms with van der Waals surface area (Å²) in [5.41, 5.74) is 2.08. The third-order valence-electron chi connectivity index (χ3n) is 4.22. The van der Waals surface area contributed by atoms with Crippen molar-refractivity contribution in [2.75, 3.05) is 5.32 Å². The minimum Gasteiger partial charge on any atom is -0.507 e. The number of thiocarbonyl (C=S) groups is 1. The molecule has 4 nitrogen and oxygen atoms in total. The largest absolute Gasteiger partial charge is 0.507 e. The predicted octanol–water partition coefficient (Wildman–Crippen LogP) is 5.16. The molecule has 0 amide bonds. The number of phenolic OH excluding ortho intramolecular Hbond substituents is 1. The van der Waals surface area contributed by atoms with E-state index in [0.29, 0.717) is 27.4 Å². The molecule has 0 unspecified atom stereocenters. The van der Waals surface area contributed by atoms with Gasteiger partial charge in [0.15, 0.2) is 5.76 Å². The van der Waals surface area contributed by atoms with Crippen LogP contribution in [-0.2, 0) is 0 Å². The molecule has 5 heteroatoms. The van der Waals surface area contributed by atoms with E-state index >= 15 is 0 Å². The maximum atomic E-state index is 13.0. The van der Waals surface area contributed by atoms with Gasteiger partial charge >= 0.3 is 0 Å². The number of hydrogen-bond acceptors (Lipinski definition) is 4. The highest BCUT2D eigenvalue weighted by Gasteiger charge is 2.23. The molecule has 1 aromatic heterocycles. The maximum absolute atomic E-state index is 13.0. The zero-order valence-corrected chi connectivity index (χ0v) is 15.0. The molecule has 0 spiro atoms. The summed E-state index contributed by atoms with van der Waals surface area (Å²) in [5, 5.41) is 13.9. The number of anilines is 1. The van der Waals surface area contributed by atoms with Crippen LogP contribution in [0, 0.1) is 0 Å². The Morgan fingerprint density at radius 1 is 0.889 bits per heavy atom. The van der Waals surface area contributed by atoms with Crippen molar-refractivity contribution in [1.29, 1.82) is 0 Å². The monoisotopic (exact) mass is 373 g/mol. The first kappa shape index (κ1) is 17.0. The number of hydrogen-bond donors (Lipinski definition) is 2. The summed E-state index contributed by atoms with van der Waals surface area (Å²) in [6, 6.07) is 23.1. The molecular formula is C22H15NO3S. The van der Waals surface area contributed by atoms with Crippen molar-refractivity contribution in [3.8, 4) is 5.75 Å². The van der Waals surface area contributed by atoms with Gasteiger partial charge in [-0.2, -0.15) is 0 Å². The summed E-state index contributed by atoms with van der Waals surface area (Å²) in [4.78, 5) is 13.3. The van der Waals surface area contributed by atoms with Crippen molar-refractivity contribution in [2.45, 2.75) is 0 Å². The Balaban J connectivity index is 1.80. The Bertz CT molecular complexity index is 1150. The number of fused-ring (bicyclic) bond motifs is 1. The highest BCUT2D eigenvalue weighted by molar-refractivity contribution is 7.81. The first-order valence-corrected chi connectivity index (χ1v) is 8.76. The standard InChI is InChI=1S/C22H15NO3S/c24-17-12-6-4-10-15(17)22(27)23-19-16-11-5-7-13-18(16)26-21(19)20(25)14-8-2-1-3-9-14/h1-13,24H,(H,23,27). The summed E-state index contributed by atoms with van der Waals surface area (Å²) < 4.78 is 5.85. The van der Waals surface area contributed by atoms with Crippen LogP contribution >= 0.6 is 12.2 Å². The van der Waals surface area contributed by atoms with E-state index in [0.717, 1.165) is 5.39 Å². The van der Waals surface area contributed by atoms with Crippen molar-refractivity contribution in [1.82, 2.24) is 0 Å². The van der Waals surface area contributed by atoms with Crippen LogP contribution in [0.1, 0.15) is 21.7 Å². The molecule has 0 aliphatic rings. The number of ketones is 1. The van der Waals surface area contributed by atoms with E-state index < -0.39 is 0 Å². The van der Waals surface area contributed by atoms with Crippen molar-refractivity contribution < 1.29 is 14.3 Å². The van der Waals surface area contributed by atoms with Gasteiger partial charge in [0.1, 0.15) is 16.3 Å². The second-order valence-corrected chi connectivity index (χ2v) is 6.38. The smallest absolute Gasteiger partial charge is 0.230 e. The average Bonchev–Trinajstić information content (AvgIpc) is 3.07. The van der Waals surface area contributed by atoms with E-state index in [-0.39, 0.29) is 17.3 Å². The second kappa shape index (κ2) is 7.05. The molecule has 2 N–H and O–H groups in total. The first-order valence-electron chi connectivity index (χ1n) is 8.36. The summed E-state index contributed by atoms with van der Waals surface area (Å²) in [5.74, 6) is 0.00768. The lowest BCUT2D eigenvalue weighted by molar-refractivity contribution is 0.101. The number of carbonyl (C=O) groups excluding carboxylic acids is 1. The lowest BCUT2D eigenvalue weighted by Gasteiger charge is -2.10. The van der Waals surface area contributed by atoms with Gasteiger partial charge in [0.2, 0.25) is 5.78 Å². The van der Waals surface area contributed by atoms with Crippen LogP contribution in [0.2, 0.25) is 0 Å². The van der Waals surface area contributed by atoms with Crippen LogP contribution in [0.25, 0.3) is 11.0 Å². The van der Waals surface area contributed by atoms with E-state index in [1.807, 2.05) is 24.3 Å². The van der Waals surface area contributed by atoms with Crippen LogP contribution in [0.15, 0.2) is 83.3 Å². The van der Waals surface area contributed by atoms with Crippen LogP contribution in [-0.4, -0.2) is 15.9 Å². The van der Waals surface area contributed by atoms with Gasteiger partial charge in [-0.05, 0) is 24.3 Å². The fourth-order valence-electron chi connectivity index (χ4n) is 2.90. The SMILES string of the molecule is O=C(c1ccccc1)c1oc2ccccc2c1NC(=S)c1ccccc1O. The Kier molecular flexibility index (Phi) is 4.44.